The van der Waals surface area contributed by atoms with Crippen molar-refractivity contribution in [3.63, 3.8) is 0 Å². The number of Topliss-reactive ketones (excluding diaryl/α,β-unsaturated/α-hetero) is 1. The summed E-state index contributed by atoms with van der Waals surface area (Å²) in [5.41, 5.74) is 1.25. The Balaban J connectivity index is 1.71. The largest absolute Gasteiger partial charge is 0.507 e. The average Bonchev–Trinajstić information content (AvgIpc) is 3.46. The van der Waals surface area contributed by atoms with Crippen LogP contribution in [0.5, 0.6) is 11.5 Å². The SMILES string of the molecule is CCOc1cc(/C(O)=C2/C(=O)C(=O)N(CCc3ccc(OC)cc3)C2c2ccco2)ccc1Cl. The molecule has 1 fully saturated rings. The van der Waals surface area contributed by atoms with Crippen molar-refractivity contribution in [2.75, 3.05) is 20.3 Å². The number of carbonyl (C=O) groups is 2. The van der Waals surface area contributed by atoms with E-state index in [4.69, 9.17) is 25.5 Å². The number of amides is 1. The summed E-state index contributed by atoms with van der Waals surface area (Å²) >= 11 is 6.17. The number of ether oxygens (including phenoxy) is 2. The molecule has 1 aliphatic heterocycles. The normalized spacial score (nSPS) is 17.3. The molecule has 2 heterocycles. The van der Waals surface area contributed by atoms with Crippen LogP contribution in [0.25, 0.3) is 5.76 Å². The predicted molar refractivity (Wildman–Crippen MR) is 127 cm³/mol. The molecule has 0 bridgehead atoms. The van der Waals surface area contributed by atoms with Gasteiger partial charge in [-0.05, 0) is 61.4 Å². The van der Waals surface area contributed by atoms with Crippen molar-refractivity contribution < 1.29 is 28.6 Å². The molecule has 0 aliphatic carbocycles. The second-order valence-electron chi connectivity index (χ2n) is 7.68. The molecule has 8 heteroatoms. The summed E-state index contributed by atoms with van der Waals surface area (Å²) in [7, 11) is 1.59. The van der Waals surface area contributed by atoms with Gasteiger partial charge in [-0.25, -0.2) is 0 Å². The van der Waals surface area contributed by atoms with Crippen molar-refractivity contribution in [2.45, 2.75) is 19.4 Å². The number of hydrogen-bond donors (Lipinski definition) is 1. The molecule has 0 spiro atoms. The number of ketones is 1. The van der Waals surface area contributed by atoms with Crippen LogP contribution in [0, 0.1) is 0 Å². The summed E-state index contributed by atoms with van der Waals surface area (Å²) in [6, 6.07) is 14.7. The molecular weight excluding hydrogens is 458 g/mol. The van der Waals surface area contributed by atoms with Crippen molar-refractivity contribution in [3.05, 3.63) is 88.3 Å². The van der Waals surface area contributed by atoms with Crippen molar-refractivity contribution in [1.82, 2.24) is 4.90 Å². The lowest BCUT2D eigenvalue weighted by Crippen LogP contribution is -2.31. The molecule has 2 aromatic carbocycles. The molecule has 176 valence electrons. The van der Waals surface area contributed by atoms with E-state index < -0.39 is 17.7 Å². The van der Waals surface area contributed by atoms with Gasteiger partial charge in [-0.15, -0.1) is 0 Å². The fourth-order valence-corrected chi connectivity index (χ4v) is 4.14. The quantitative estimate of drug-likeness (QED) is 0.276. The third-order valence-electron chi connectivity index (χ3n) is 5.66. The number of halogens is 1. The molecule has 1 N–H and O–H groups in total. The summed E-state index contributed by atoms with van der Waals surface area (Å²) in [5, 5.41) is 11.5. The lowest BCUT2D eigenvalue weighted by atomic mass is 9.99. The number of furan rings is 1. The van der Waals surface area contributed by atoms with E-state index in [1.54, 1.807) is 37.4 Å². The molecule has 4 rings (SSSR count). The van der Waals surface area contributed by atoms with Crippen LogP contribution < -0.4 is 9.47 Å². The molecule has 7 nitrogen and oxygen atoms in total. The average molecular weight is 482 g/mol. The van der Waals surface area contributed by atoms with Crippen LogP contribution in [0.3, 0.4) is 0 Å². The van der Waals surface area contributed by atoms with Crippen LogP contribution in [0.1, 0.15) is 29.9 Å². The van der Waals surface area contributed by atoms with E-state index in [0.717, 1.165) is 11.3 Å². The first-order valence-electron chi connectivity index (χ1n) is 10.8. The monoisotopic (exact) mass is 481 g/mol. The molecule has 1 amide bonds. The number of likely N-dealkylation sites (tertiary alicyclic amines) is 1. The summed E-state index contributed by atoms with van der Waals surface area (Å²) in [6.07, 6.45) is 1.97. The number of benzene rings is 2. The van der Waals surface area contributed by atoms with Crippen LogP contribution >= 0.6 is 11.6 Å². The highest BCUT2D eigenvalue weighted by Gasteiger charge is 2.47. The smallest absolute Gasteiger partial charge is 0.295 e. The Morgan fingerprint density at radius 1 is 1.15 bits per heavy atom. The standard InChI is InChI=1S/C26H24ClNO6/c1-3-33-21-15-17(8-11-19(21)27)24(29)22-23(20-5-4-14-34-20)28(26(31)25(22)30)13-12-16-6-9-18(32-2)10-7-16/h4-11,14-15,23,29H,3,12-13H2,1-2H3/b24-22-. The first kappa shape index (κ1) is 23.4. The predicted octanol–water partition coefficient (Wildman–Crippen LogP) is 5.00. The van der Waals surface area contributed by atoms with Gasteiger partial charge in [-0.1, -0.05) is 23.7 Å². The van der Waals surface area contributed by atoms with Crippen molar-refractivity contribution in [1.29, 1.82) is 0 Å². The van der Waals surface area contributed by atoms with Gasteiger partial charge in [0.25, 0.3) is 11.7 Å². The molecular formula is C26H24ClNO6. The molecule has 34 heavy (non-hydrogen) atoms. The van der Waals surface area contributed by atoms with E-state index in [2.05, 4.69) is 0 Å². The maximum Gasteiger partial charge on any atom is 0.295 e. The van der Waals surface area contributed by atoms with E-state index >= 15 is 0 Å². The van der Waals surface area contributed by atoms with E-state index in [-0.39, 0.29) is 17.9 Å². The zero-order valence-electron chi connectivity index (χ0n) is 18.8. The van der Waals surface area contributed by atoms with Crippen LogP contribution in [-0.2, 0) is 16.0 Å². The highest BCUT2D eigenvalue weighted by molar-refractivity contribution is 6.46. The highest BCUT2D eigenvalue weighted by Crippen LogP contribution is 2.40. The molecule has 1 aromatic heterocycles. The summed E-state index contributed by atoms with van der Waals surface area (Å²) < 4.78 is 16.3. The van der Waals surface area contributed by atoms with E-state index in [9.17, 15) is 14.7 Å². The van der Waals surface area contributed by atoms with Crippen molar-refractivity contribution in [3.8, 4) is 11.5 Å². The first-order chi connectivity index (χ1) is 16.4. The number of hydrogen-bond acceptors (Lipinski definition) is 6. The summed E-state index contributed by atoms with van der Waals surface area (Å²) in [4.78, 5) is 27.5. The van der Waals surface area contributed by atoms with E-state index in [0.29, 0.717) is 35.1 Å². The van der Waals surface area contributed by atoms with Gasteiger partial charge in [0.2, 0.25) is 0 Å². The Hall–Kier alpha value is -3.71. The molecule has 1 atom stereocenters. The Labute approximate surface area is 202 Å². The van der Waals surface area contributed by atoms with Gasteiger partial charge in [-0.2, -0.15) is 0 Å². The minimum Gasteiger partial charge on any atom is -0.507 e. The molecule has 3 aromatic rings. The van der Waals surface area contributed by atoms with Gasteiger partial charge in [0.05, 0.1) is 30.6 Å². The molecule has 1 unspecified atom stereocenters. The van der Waals surface area contributed by atoms with Gasteiger partial charge in [0.1, 0.15) is 29.1 Å². The Bertz CT molecular complexity index is 1220. The minimum atomic E-state index is -0.862. The lowest BCUT2D eigenvalue weighted by Gasteiger charge is -2.23. The highest BCUT2D eigenvalue weighted by atomic mass is 35.5. The van der Waals surface area contributed by atoms with Crippen molar-refractivity contribution in [2.24, 2.45) is 0 Å². The van der Waals surface area contributed by atoms with Crippen LogP contribution in [0.2, 0.25) is 5.02 Å². The minimum absolute atomic E-state index is 0.0422. The molecule has 0 saturated carbocycles. The maximum absolute atomic E-state index is 13.1. The Kier molecular flexibility index (Phi) is 6.93. The fraction of sp³-hybridized carbons (Fsp3) is 0.231. The van der Waals surface area contributed by atoms with Gasteiger partial charge >= 0.3 is 0 Å². The fourth-order valence-electron chi connectivity index (χ4n) is 3.97. The Morgan fingerprint density at radius 2 is 1.91 bits per heavy atom. The topological polar surface area (TPSA) is 89.2 Å². The van der Waals surface area contributed by atoms with Gasteiger partial charge < -0.3 is 23.9 Å². The maximum atomic E-state index is 13.1. The van der Waals surface area contributed by atoms with Crippen LogP contribution in [-0.4, -0.2) is 42.0 Å². The summed E-state index contributed by atoms with van der Waals surface area (Å²) in [6.45, 7) is 2.45. The number of carbonyl (C=O) groups excluding carboxylic acids is 2. The molecule has 0 radical (unpaired) electrons. The zero-order chi connectivity index (χ0) is 24.2. The molecule has 1 saturated heterocycles. The zero-order valence-corrected chi connectivity index (χ0v) is 19.5. The third kappa shape index (κ3) is 4.52. The Morgan fingerprint density at radius 3 is 2.56 bits per heavy atom. The van der Waals surface area contributed by atoms with Gasteiger partial charge in [-0.3, -0.25) is 9.59 Å². The number of methoxy groups -OCH3 is 1. The number of aliphatic hydroxyl groups is 1. The third-order valence-corrected chi connectivity index (χ3v) is 5.97. The molecule has 1 aliphatic rings. The van der Waals surface area contributed by atoms with E-state index in [1.807, 2.05) is 31.2 Å². The van der Waals surface area contributed by atoms with Gasteiger partial charge in [0.15, 0.2) is 0 Å². The summed E-state index contributed by atoms with van der Waals surface area (Å²) in [5.74, 6) is -0.304. The van der Waals surface area contributed by atoms with Crippen LogP contribution in [0.4, 0.5) is 0 Å². The number of nitrogens with zero attached hydrogens (tertiary/aromatic N) is 1. The lowest BCUT2D eigenvalue weighted by molar-refractivity contribution is -0.140. The van der Waals surface area contributed by atoms with Crippen molar-refractivity contribution >= 4 is 29.1 Å². The van der Waals surface area contributed by atoms with Gasteiger partial charge in [0, 0.05) is 12.1 Å². The second kappa shape index (κ2) is 10.1. The second-order valence-corrected chi connectivity index (χ2v) is 8.09. The van der Waals surface area contributed by atoms with Crippen LogP contribution in [0.15, 0.2) is 70.9 Å². The number of aliphatic hydroxyl groups excluding tert-OH is 1. The van der Waals surface area contributed by atoms with E-state index in [1.165, 1.54) is 11.2 Å². The number of rotatable bonds is 8. The first-order valence-corrected chi connectivity index (χ1v) is 11.2.